The third-order valence-corrected chi connectivity index (χ3v) is 4.05. The van der Waals surface area contributed by atoms with Gasteiger partial charge in [0, 0.05) is 21.7 Å². The van der Waals surface area contributed by atoms with E-state index in [9.17, 15) is 0 Å². The molecule has 0 aliphatic carbocycles. The van der Waals surface area contributed by atoms with E-state index < -0.39 is 0 Å². The number of benzene rings is 2. The highest BCUT2D eigenvalue weighted by molar-refractivity contribution is 9.10. The monoisotopic (exact) mass is 298 g/mol. The van der Waals surface area contributed by atoms with Crippen LogP contribution in [0.15, 0.2) is 40.9 Å². The van der Waals surface area contributed by atoms with Gasteiger partial charge < -0.3 is 0 Å². The maximum atomic E-state index is 4.72. The average molecular weight is 299 g/mol. The van der Waals surface area contributed by atoms with E-state index in [0.29, 0.717) is 0 Å². The number of halogens is 1. The molecule has 2 aromatic heterocycles. The van der Waals surface area contributed by atoms with Crippen molar-refractivity contribution in [1.82, 2.24) is 9.38 Å². The Morgan fingerprint density at radius 2 is 2.06 bits per heavy atom. The Hall–Kier alpha value is -1.61. The minimum Gasteiger partial charge on any atom is -0.295 e. The Labute approximate surface area is 113 Å². The normalized spacial score (nSPS) is 12.1. The molecule has 0 unspecified atom stereocenters. The zero-order chi connectivity index (χ0) is 12.3. The van der Waals surface area contributed by atoms with Gasteiger partial charge in [0.25, 0.3) is 0 Å². The van der Waals surface area contributed by atoms with Crippen LogP contribution in [0.5, 0.6) is 0 Å². The molecule has 2 nitrogen and oxygen atoms in total. The molecule has 0 bridgehead atoms. The molecular formula is C15H11BrN2. The summed E-state index contributed by atoms with van der Waals surface area (Å²) in [5, 5.41) is 2.58. The predicted octanol–water partition coefficient (Wildman–Crippen LogP) is 4.40. The van der Waals surface area contributed by atoms with Gasteiger partial charge in [-0.15, -0.1) is 0 Å². The molecule has 0 saturated carbocycles. The van der Waals surface area contributed by atoms with Crippen LogP contribution in [0, 0.1) is 0 Å². The van der Waals surface area contributed by atoms with Crippen molar-refractivity contribution in [1.29, 1.82) is 0 Å². The number of nitrogens with zero attached hydrogens (tertiary/aromatic N) is 2. The van der Waals surface area contributed by atoms with Crippen molar-refractivity contribution < 1.29 is 0 Å². The highest BCUT2D eigenvalue weighted by atomic mass is 79.9. The summed E-state index contributed by atoms with van der Waals surface area (Å²) < 4.78 is 3.42. The Bertz CT molecular complexity index is 876. The fraction of sp³-hybridized carbons (Fsp3) is 0.133. The zero-order valence-electron chi connectivity index (χ0n) is 9.94. The third kappa shape index (κ3) is 1.15. The van der Waals surface area contributed by atoms with Crippen LogP contribution in [-0.2, 0) is 6.42 Å². The van der Waals surface area contributed by atoms with Gasteiger partial charge in [-0.3, -0.25) is 4.40 Å². The van der Waals surface area contributed by atoms with E-state index in [0.717, 1.165) is 22.2 Å². The summed E-state index contributed by atoms with van der Waals surface area (Å²) >= 11 is 3.56. The van der Waals surface area contributed by atoms with Crippen molar-refractivity contribution in [3.63, 3.8) is 0 Å². The number of aryl methyl sites for hydroxylation is 1. The molecule has 0 amide bonds. The van der Waals surface area contributed by atoms with Gasteiger partial charge in [-0.25, -0.2) is 4.98 Å². The fourth-order valence-electron chi connectivity index (χ4n) is 2.81. The summed E-state index contributed by atoms with van der Waals surface area (Å²) in [4.78, 5) is 4.72. The van der Waals surface area contributed by atoms with Gasteiger partial charge in [-0.05, 0) is 24.3 Å². The SMILES string of the molecule is CCc1nc2cccc3c4cc(Br)ccc4n1c23. The van der Waals surface area contributed by atoms with Crippen molar-refractivity contribution in [3.8, 4) is 0 Å². The zero-order valence-corrected chi connectivity index (χ0v) is 11.5. The Morgan fingerprint density at radius 1 is 1.17 bits per heavy atom. The molecular weight excluding hydrogens is 288 g/mol. The van der Waals surface area contributed by atoms with Crippen molar-refractivity contribution in [3.05, 3.63) is 46.7 Å². The average Bonchev–Trinajstić information content (AvgIpc) is 2.91. The number of hydrogen-bond acceptors (Lipinski definition) is 1. The molecule has 18 heavy (non-hydrogen) atoms. The van der Waals surface area contributed by atoms with Gasteiger partial charge >= 0.3 is 0 Å². The molecule has 2 aromatic carbocycles. The Kier molecular flexibility index (Phi) is 1.98. The van der Waals surface area contributed by atoms with Gasteiger partial charge in [0.2, 0.25) is 0 Å². The van der Waals surface area contributed by atoms with Crippen molar-refractivity contribution in [2.24, 2.45) is 0 Å². The van der Waals surface area contributed by atoms with Crippen LogP contribution in [-0.4, -0.2) is 9.38 Å². The van der Waals surface area contributed by atoms with Crippen molar-refractivity contribution in [2.75, 3.05) is 0 Å². The van der Waals surface area contributed by atoms with Gasteiger partial charge in [0.1, 0.15) is 5.82 Å². The molecule has 4 rings (SSSR count). The van der Waals surface area contributed by atoms with Gasteiger partial charge in [-0.1, -0.05) is 35.0 Å². The first-order chi connectivity index (χ1) is 8.79. The van der Waals surface area contributed by atoms with Gasteiger partial charge in [0.15, 0.2) is 0 Å². The van der Waals surface area contributed by atoms with Crippen LogP contribution in [0.25, 0.3) is 27.3 Å². The summed E-state index contributed by atoms with van der Waals surface area (Å²) in [6, 6.07) is 12.8. The summed E-state index contributed by atoms with van der Waals surface area (Å²) in [6.07, 6.45) is 0.948. The molecule has 0 radical (unpaired) electrons. The lowest BCUT2D eigenvalue weighted by atomic mass is 10.1. The number of hydrogen-bond donors (Lipinski definition) is 0. The molecule has 88 valence electrons. The fourth-order valence-corrected chi connectivity index (χ4v) is 3.17. The first kappa shape index (κ1) is 10.3. The second kappa shape index (κ2) is 3.45. The molecule has 4 aromatic rings. The van der Waals surface area contributed by atoms with E-state index in [4.69, 9.17) is 4.98 Å². The smallest absolute Gasteiger partial charge is 0.114 e. The molecule has 0 saturated heterocycles. The molecule has 0 aliphatic rings. The highest BCUT2D eigenvalue weighted by Gasteiger charge is 2.15. The molecule has 0 aliphatic heterocycles. The minimum absolute atomic E-state index is 0.948. The van der Waals surface area contributed by atoms with E-state index in [1.54, 1.807) is 0 Å². The highest BCUT2D eigenvalue weighted by Crippen LogP contribution is 2.34. The summed E-state index contributed by atoms with van der Waals surface area (Å²) in [6.45, 7) is 2.15. The van der Waals surface area contributed by atoms with Crippen LogP contribution in [0.4, 0.5) is 0 Å². The second-order valence-corrected chi connectivity index (χ2v) is 5.47. The number of para-hydroxylation sites is 1. The lowest BCUT2D eigenvalue weighted by Gasteiger charge is -1.97. The summed E-state index contributed by atoms with van der Waals surface area (Å²) in [5.74, 6) is 1.14. The first-order valence-corrected chi connectivity index (χ1v) is 6.89. The van der Waals surface area contributed by atoms with E-state index in [1.165, 1.54) is 21.8 Å². The molecule has 0 fully saturated rings. The largest absolute Gasteiger partial charge is 0.295 e. The lowest BCUT2D eigenvalue weighted by molar-refractivity contribution is 0.961. The number of imidazole rings is 1. The number of fused-ring (bicyclic) bond motifs is 3. The van der Waals surface area contributed by atoms with Crippen molar-refractivity contribution in [2.45, 2.75) is 13.3 Å². The predicted molar refractivity (Wildman–Crippen MR) is 78.5 cm³/mol. The molecule has 2 heterocycles. The molecule has 0 spiro atoms. The van der Waals surface area contributed by atoms with Crippen LogP contribution in [0.2, 0.25) is 0 Å². The van der Waals surface area contributed by atoms with E-state index >= 15 is 0 Å². The lowest BCUT2D eigenvalue weighted by Crippen LogP contribution is -1.89. The maximum absolute atomic E-state index is 4.72. The minimum atomic E-state index is 0.948. The molecule has 3 heteroatoms. The quantitative estimate of drug-likeness (QED) is 0.509. The second-order valence-electron chi connectivity index (χ2n) is 4.55. The first-order valence-electron chi connectivity index (χ1n) is 6.10. The Morgan fingerprint density at radius 3 is 2.89 bits per heavy atom. The van der Waals surface area contributed by atoms with Crippen LogP contribution in [0.1, 0.15) is 12.7 Å². The van der Waals surface area contributed by atoms with Crippen LogP contribution in [0.3, 0.4) is 0 Å². The number of aromatic nitrogens is 2. The van der Waals surface area contributed by atoms with Crippen LogP contribution >= 0.6 is 15.9 Å². The van der Waals surface area contributed by atoms with E-state index in [-0.39, 0.29) is 0 Å². The van der Waals surface area contributed by atoms with Gasteiger partial charge in [0.05, 0.1) is 16.6 Å². The van der Waals surface area contributed by atoms with Gasteiger partial charge in [-0.2, -0.15) is 0 Å². The Balaban J connectivity index is 2.39. The summed E-state index contributed by atoms with van der Waals surface area (Å²) in [5.41, 5.74) is 3.60. The van der Waals surface area contributed by atoms with E-state index in [1.807, 2.05) is 0 Å². The summed E-state index contributed by atoms with van der Waals surface area (Å²) in [7, 11) is 0. The standard InChI is InChI=1S/C15H11BrN2/c1-2-14-17-12-5-3-4-10-11-8-9(16)6-7-13(11)18(14)15(10)12/h3-8H,2H2,1H3. The molecule has 0 atom stereocenters. The van der Waals surface area contributed by atoms with Crippen LogP contribution < -0.4 is 0 Å². The third-order valence-electron chi connectivity index (χ3n) is 3.55. The van der Waals surface area contributed by atoms with Crippen molar-refractivity contribution >= 4 is 43.3 Å². The number of rotatable bonds is 1. The maximum Gasteiger partial charge on any atom is 0.114 e. The van der Waals surface area contributed by atoms with E-state index in [2.05, 4.69) is 63.7 Å². The molecule has 0 N–H and O–H groups in total. The topological polar surface area (TPSA) is 17.3 Å².